The first-order valence-corrected chi connectivity index (χ1v) is 10.5. The molecule has 3 rings (SSSR count). The number of hydrogen-bond acceptors (Lipinski definition) is 4. The molecule has 0 fully saturated rings. The fourth-order valence-electron chi connectivity index (χ4n) is 3.28. The molecule has 0 radical (unpaired) electrons. The predicted molar refractivity (Wildman–Crippen MR) is 119 cm³/mol. The van der Waals surface area contributed by atoms with Crippen molar-refractivity contribution in [2.24, 2.45) is 0 Å². The van der Waals surface area contributed by atoms with E-state index in [9.17, 15) is 31.5 Å². The standard InChI is InChI=1S/C24H21F5N2O4/c1-3-34-21-12-16(25)15(24(27,28)29)11-19(21)31-23(33)30-18-7-5-13(9-17(18)26)14-6-8-20(32)22(10-14)35-4-2/h5-7,9-12H,3-4,8H2,1-2H3,(H2,30,31,33). The first-order chi connectivity index (χ1) is 16.5. The van der Waals surface area contributed by atoms with Crippen LogP contribution in [0, 0.1) is 11.6 Å². The van der Waals surface area contributed by atoms with E-state index >= 15 is 0 Å². The lowest BCUT2D eigenvalue weighted by Gasteiger charge is -2.16. The van der Waals surface area contributed by atoms with Gasteiger partial charge in [0.05, 0.1) is 30.2 Å². The number of amides is 2. The van der Waals surface area contributed by atoms with Crippen molar-refractivity contribution in [2.75, 3.05) is 23.8 Å². The van der Waals surface area contributed by atoms with Crippen molar-refractivity contribution in [1.82, 2.24) is 0 Å². The molecular formula is C24H21F5N2O4. The van der Waals surface area contributed by atoms with Crippen LogP contribution in [0.1, 0.15) is 31.4 Å². The monoisotopic (exact) mass is 496 g/mol. The molecular weight excluding hydrogens is 475 g/mol. The summed E-state index contributed by atoms with van der Waals surface area (Å²) in [5.74, 6) is -2.75. The Morgan fingerprint density at radius 2 is 1.66 bits per heavy atom. The molecule has 0 saturated carbocycles. The minimum atomic E-state index is -5.00. The second kappa shape index (κ2) is 10.6. The second-order valence-electron chi connectivity index (χ2n) is 7.26. The Balaban J connectivity index is 1.80. The molecule has 6 nitrogen and oxygen atoms in total. The van der Waals surface area contributed by atoms with Gasteiger partial charge < -0.3 is 20.1 Å². The molecule has 0 saturated heterocycles. The van der Waals surface area contributed by atoms with Gasteiger partial charge in [0.25, 0.3) is 0 Å². The highest BCUT2D eigenvalue weighted by molar-refractivity contribution is 6.02. The minimum absolute atomic E-state index is 0.00189. The van der Waals surface area contributed by atoms with Crippen molar-refractivity contribution < 1.29 is 41.0 Å². The Morgan fingerprint density at radius 1 is 0.971 bits per heavy atom. The highest BCUT2D eigenvalue weighted by Crippen LogP contribution is 2.37. The molecule has 1 aliphatic carbocycles. The summed E-state index contributed by atoms with van der Waals surface area (Å²) in [4.78, 5) is 24.2. The van der Waals surface area contributed by atoms with Crippen LogP contribution in [0.15, 0.2) is 48.2 Å². The van der Waals surface area contributed by atoms with Gasteiger partial charge in [-0.1, -0.05) is 12.1 Å². The molecule has 0 spiro atoms. The van der Waals surface area contributed by atoms with Crippen molar-refractivity contribution in [3.8, 4) is 5.75 Å². The lowest BCUT2D eigenvalue weighted by Crippen LogP contribution is -2.21. The molecule has 2 N–H and O–H groups in total. The van der Waals surface area contributed by atoms with Crippen LogP contribution in [0.4, 0.5) is 38.1 Å². The van der Waals surface area contributed by atoms with Gasteiger partial charge in [0.1, 0.15) is 17.4 Å². The maximum absolute atomic E-state index is 14.7. The molecule has 0 unspecified atom stereocenters. The Labute approximate surface area is 197 Å². The third-order valence-electron chi connectivity index (χ3n) is 4.84. The van der Waals surface area contributed by atoms with Crippen LogP contribution in [0.5, 0.6) is 5.75 Å². The number of ketones is 1. The molecule has 2 amide bonds. The molecule has 2 aromatic rings. The van der Waals surface area contributed by atoms with E-state index in [0.29, 0.717) is 29.9 Å². The highest BCUT2D eigenvalue weighted by atomic mass is 19.4. The molecule has 1 aliphatic rings. The first-order valence-electron chi connectivity index (χ1n) is 10.5. The number of anilines is 2. The SMILES string of the molecule is CCOC1=CC(c2ccc(NC(=O)Nc3cc(C(F)(F)F)c(F)cc3OCC)c(F)c2)=CCC1=O. The van der Waals surface area contributed by atoms with E-state index < -0.39 is 35.1 Å². The fraction of sp³-hybridized carbons (Fsp3) is 0.250. The van der Waals surface area contributed by atoms with E-state index in [0.717, 1.165) is 6.07 Å². The molecule has 11 heteroatoms. The van der Waals surface area contributed by atoms with Crippen LogP contribution in [0.2, 0.25) is 0 Å². The number of benzene rings is 2. The summed E-state index contributed by atoms with van der Waals surface area (Å²) >= 11 is 0. The molecule has 0 bridgehead atoms. The molecule has 35 heavy (non-hydrogen) atoms. The number of hydrogen-bond donors (Lipinski definition) is 2. The fourth-order valence-corrected chi connectivity index (χ4v) is 3.28. The zero-order chi connectivity index (χ0) is 25.8. The molecule has 0 heterocycles. The quantitative estimate of drug-likeness (QED) is 0.441. The van der Waals surface area contributed by atoms with Gasteiger partial charge in [-0.2, -0.15) is 13.2 Å². The third-order valence-corrected chi connectivity index (χ3v) is 4.84. The summed E-state index contributed by atoms with van der Waals surface area (Å²) in [5.41, 5.74) is -1.32. The lowest BCUT2D eigenvalue weighted by molar-refractivity contribution is -0.140. The van der Waals surface area contributed by atoms with E-state index in [1.165, 1.54) is 25.1 Å². The van der Waals surface area contributed by atoms with Crippen molar-refractivity contribution >= 4 is 28.8 Å². The topological polar surface area (TPSA) is 76.7 Å². The van der Waals surface area contributed by atoms with Gasteiger partial charge >= 0.3 is 12.2 Å². The number of allylic oxidation sites excluding steroid dienone is 4. The van der Waals surface area contributed by atoms with Gasteiger partial charge in [-0.3, -0.25) is 4.79 Å². The normalized spacial score (nSPS) is 13.6. The number of carbonyl (C=O) groups is 2. The van der Waals surface area contributed by atoms with E-state index in [2.05, 4.69) is 10.6 Å². The van der Waals surface area contributed by atoms with Crippen LogP contribution < -0.4 is 15.4 Å². The summed E-state index contributed by atoms with van der Waals surface area (Å²) < 4.78 is 78.1. The maximum Gasteiger partial charge on any atom is 0.419 e. The maximum atomic E-state index is 14.7. The van der Waals surface area contributed by atoms with Gasteiger partial charge in [0, 0.05) is 12.5 Å². The van der Waals surface area contributed by atoms with Crippen molar-refractivity contribution in [3.05, 3.63) is 71.0 Å². The predicted octanol–water partition coefficient (Wildman–Crippen LogP) is 6.30. The van der Waals surface area contributed by atoms with Gasteiger partial charge in [0.2, 0.25) is 5.78 Å². The summed E-state index contributed by atoms with van der Waals surface area (Å²) in [6, 6.07) is 3.72. The van der Waals surface area contributed by atoms with Gasteiger partial charge in [-0.25, -0.2) is 13.6 Å². The number of Topliss-reactive ketones (excluding diaryl/α,β-unsaturated/α-hetero) is 1. The van der Waals surface area contributed by atoms with E-state index in [-0.39, 0.29) is 36.0 Å². The number of alkyl halides is 3. The Kier molecular flexibility index (Phi) is 7.78. The molecule has 0 atom stereocenters. The third kappa shape index (κ3) is 6.17. The average Bonchev–Trinajstić information content (AvgIpc) is 2.78. The molecule has 0 aliphatic heterocycles. The lowest BCUT2D eigenvalue weighted by atomic mass is 9.97. The van der Waals surface area contributed by atoms with E-state index in [1.54, 1.807) is 13.0 Å². The summed E-state index contributed by atoms with van der Waals surface area (Å²) in [5, 5.41) is 4.33. The number of urea groups is 1. The average molecular weight is 496 g/mol. The van der Waals surface area contributed by atoms with Gasteiger partial charge in [-0.05, 0) is 49.3 Å². The van der Waals surface area contributed by atoms with Gasteiger partial charge in [-0.15, -0.1) is 0 Å². The number of ether oxygens (including phenoxy) is 2. The number of nitrogens with one attached hydrogen (secondary N) is 2. The van der Waals surface area contributed by atoms with Crippen molar-refractivity contribution in [1.29, 1.82) is 0 Å². The van der Waals surface area contributed by atoms with Crippen LogP contribution in [0.25, 0.3) is 5.57 Å². The Hall–Kier alpha value is -3.89. The second-order valence-corrected chi connectivity index (χ2v) is 7.26. The van der Waals surface area contributed by atoms with Crippen LogP contribution in [0.3, 0.4) is 0 Å². The van der Waals surface area contributed by atoms with E-state index in [1.807, 2.05) is 0 Å². The molecule has 2 aromatic carbocycles. The minimum Gasteiger partial charge on any atom is -0.492 e. The van der Waals surface area contributed by atoms with Crippen LogP contribution >= 0.6 is 0 Å². The zero-order valence-corrected chi connectivity index (χ0v) is 18.7. The molecule has 0 aromatic heterocycles. The van der Waals surface area contributed by atoms with Crippen molar-refractivity contribution in [3.63, 3.8) is 0 Å². The van der Waals surface area contributed by atoms with E-state index in [4.69, 9.17) is 9.47 Å². The number of rotatable bonds is 7. The summed E-state index contributed by atoms with van der Waals surface area (Å²) in [6.07, 6.45) is -1.81. The van der Waals surface area contributed by atoms with Crippen molar-refractivity contribution in [2.45, 2.75) is 26.4 Å². The zero-order valence-electron chi connectivity index (χ0n) is 18.7. The molecule has 186 valence electrons. The highest BCUT2D eigenvalue weighted by Gasteiger charge is 2.35. The first kappa shape index (κ1) is 25.7. The smallest absolute Gasteiger partial charge is 0.419 e. The number of carbonyl (C=O) groups excluding carboxylic acids is 2. The Morgan fingerprint density at radius 3 is 2.29 bits per heavy atom. The summed E-state index contributed by atoms with van der Waals surface area (Å²) in [6.45, 7) is 3.55. The van der Waals surface area contributed by atoms with Crippen LogP contribution in [-0.2, 0) is 15.7 Å². The Bertz CT molecular complexity index is 1210. The van der Waals surface area contributed by atoms with Gasteiger partial charge in [0.15, 0.2) is 5.76 Å². The number of halogens is 5. The largest absolute Gasteiger partial charge is 0.492 e. The summed E-state index contributed by atoms with van der Waals surface area (Å²) in [7, 11) is 0. The van der Waals surface area contributed by atoms with Crippen LogP contribution in [-0.4, -0.2) is 25.0 Å².